The van der Waals surface area contributed by atoms with Crippen molar-refractivity contribution >= 4 is 54.8 Å². The van der Waals surface area contributed by atoms with E-state index in [4.69, 9.17) is 19.7 Å². The van der Waals surface area contributed by atoms with E-state index in [9.17, 15) is 0 Å². The molecule has 5 aromatic carbocycles. The molecule has 0 bridgehead atoms. The second-order valence-corrected chi connectivity index (χ2v) is 13.6. The summed E-state index contributed by atoms with van der Waals surface area (Å²) in [5, 5.41) is 6.51. The molecule has 244 valence electrons. The Morgan fingerprint density at radius 1 is 0.471 bits per heavy atom. The minimum absolute atomic E-state index is 0.740. The lowest BCUT2D eigenvalue weighted by molar-refractivity contribution is 0.484. The highest BCUT2D eigenvalue weighted by atomic mass is 16.5. The molecule has 51 heavy (non-hydrogen) atoms. The summed E-state index contributed by atoms with van der Waals surface area (Å²) >= 11 is 0. The standard InChI is InChI=1S/C45H33N5O/c1-26-7-5-8-27(2)41(26)30-11-14-35-33-15-12-31(24-37(33)43-46-19-21-49(43)40(35)23-30)51-32-13-16-34-36-17-18-39(42-28(3)9-6-10-29(42)4)48-45(36)50-22-20-47-44(50)38(34)25-32/h5-25H,1-4H3. The summed E-state index contributed by atoms with van der Waals surface area (Å²) in [6, 6.07) is 36.5. The Labute approximate surface area is 294 Å². The molecule has 0 saturated heterocycles. The Kier molecular flexibility index (Phi) is 6.33. The molecule has 0 N–H and O–H groups in total. The maximum Gasteiger partial charge on any atom is 0.146 e. The Morgan fingerprint density at radius 3 is 1.69 bits per heavy atom. The van der Waals surface area contributed by atoms with E-state index in [1.165, 1.54) is 44.3 Å². The Morgan fingerprint density at radius 2 is 1.02 bits per heavy atom. The first-order valence-electron chi connectivity index (χ1n) is 17.3. The molecule has 0 fully saturated rings. The van der Waals surface area contributed by atoms with Gasteiger partial charge in [0.2, 0.25) is 0 Å². The highest BCUT2D eigenvalue weighted by Crippen LogP contribution is 2.38. The summed E-state index contributed by atoms with van der Waals surface area (Å²) in [7, 11) is 0. The lowest BCUT2D eigenvalue weighted by Crippen LogP contribution is -1.97. The smallest absolute Gasteiger partial charge is 0.146 e. The van der Waals surface area contributed by atoms with Crippen molar-refractivity contribution < 1.29 is 4.74 Å². The molecule has 0 spiro atoms. The molecular formula is C45H33N5O. The number of fused-ring (bicyclic) bond motifs is 12. The molecule has 0 aliphatic rings. The van der Waals surface area contributed by atoms with Crippen LogP contribution >= 0.6 is 0 Å². The van der Waals surface area contributed by atoms with Crippen LogP contribution in [-0.4, -0.2) is 23.8 Å². The van der Waals surface area contributed by atoms with Crippen LogP contribution in [0.15, 0.2) is 128 Å². The number of nitrogens with zero attached hydrogens (tertiary/aromatic N) is 5. The first kappa shape index (κ1) is 29.4. The summed E-state index contributed by atoms with van der Waals surface area (Å²) in [6.45, 7) is 8.64. The van der Waals surface area contributed by atoms with Crippen LogP contribution in [0.1, 0.15) is 22.3 Å². The summed E-state index contributed by atoms with van der Waals surface area (Å²) in [5.41, 5.74) is 13.4. The molecule has 5 heterocycles. The highest BCUT2D eigenvalue weighted by Gasteiger charge is 2.17. The van der Waals surface area contributed by atoms with Gasteiger partial charge in [0, 0.05) is 51.9 Å². The molecule has 0 aliphatic carbocycles. The van der Waals surface area contributed by atoms with E-state index < -0.39 is 0 Å². The fraction of sp³-hybridized carbons (Fsp3) is 0.0889. The van der Waals surface area contributed by atoms with Crippen LogP contribution in [0.25, 0.3) is 77.2 Å². The van der Waals surface area contributed by atoms with Crippen molar-refractivity contribution in [3.63, 3.8) is 0 Å². The molecule has 0 radical (unpaired) electrons. The topological polar surface area (TPSA) is 56.7 Å². The summed E-state index contributed by atoms with van der Waals surface area (Å²) in [4.78, 5) is 14.8. The normalized spacial score (nSPS) is 11.9. The summed E-state index contributed by atoms with van der Waals surface area (Å²) < 4.78 is 10.9. The van der Waals surface area contributed by atoms with Crippen molar-refractivity contribution in [2.75, 3.05) is 0 Å². The lowest BCUT2D eigenvalue weighted by atomic mass is 9.94. The van der Waals surface area contributed by atoms with Gasteiger partial charge in [0.25, 0.3) is 0 Å². The quantitative estimate of drug-likeness (QED) is 0.176. The van der Waals surface area contributed by atoms with Crippen LogP contribution in [0.4, 0.5) is 0 Å². The average Bonchev–Trinajstić information content (AvgIpc) is 3.83. The number of pyridine rings is 3. The van der Waals surface area contributed by atoms with Gasteiger partial charge in [-0.25, -0.2) is 15.0 Å². The summed E-state index contributed by atoms with van der Waals surface area (Å²) in [5.74, 6) is 1.49. The number of imidazole rings is 2. The van der Waals surface area contributed by atoms with E-state index in [-0.39, 0.29) is 0 Å². The molecule has 0 amide bonds. The largest absolute Gasteiger partial charge is 0.457 e. The van der Waals surface area contributed by atoms with E-state index in [2.05, 4.69) is 134 Å². The van der Waals surface area contributed by atoms with E-state index in [1.807, 2.05) is 30.9 Å². The molecule has 0 atom stereocenters. The minimum Gasteiger partial charge on any atom is -0.457 e. The second kappa shape index (κ2) is 11.0. The zero-order chi connectivity index (χ0) is 34.4. The molecule has 0 saturated carbocycles. The minimum atomic E-state index is 0.740. The van der Waals surface area contributed by atoms with Crippen LogP contribution in [0, 0.1) is 27.7 Å². The molecule has 6 heteroatoms. The second-order valence-electron chi connectivity index (χ2n) is 13.6. The van der Waals surface area contributed by atoms with Gasteiger partial charge < -0.3 is 4.74 Å². The van der Waals surface area contributed by atoms with Crippen LogP contribution in [0.3, 0.4) is 0 Å². The fourth-order valence-corrected chi connectivity index (χ4v) is 8.10. The third-order valence-electron chi connectivity index (χ3n) is 10.4. The first-order valence-corrected chi connectivity index (χ1v) is 17.3. The predicted molar refractivity (Wildman–Crippen MR) is 208 cm³/mol. The van der Waals surface area contributed by atoms with Crippen LogP contribution < -0.4 is 4.74 Å². The van der Waals surface area contributed by atoms with Crippen molar-refractivity contribution in [3.8, 4) is 33.9 Å². The van der Waals surface area contributed by atoms with Gasteiger partial charge in [0.1, 0.15) is 28.4 Å². The van der Waals surface area contributed by atoms with E-state index in [1.54, 1.807) is 0 Å². The molecular weight excluding hydrogens is 627 g/mol. The first-order chi connectivity index (χ1) is 24.9. The Hall–Kier alpha value is -6.53. The molecule has 5 aromatic heterocycles. The zero-order valence-electron chi connectivity index (χ0n) is 28.8. The Balaban J connectivity index is 1.07. The van der Waals surface area contributed by atoms with Crippen LogP contribution in [-0.2, 0) is 0 Å². The van der Waals surface area contributed by atoms with Gasteiger partial charge >= 0.3 is 0 Å². The van der Waals surface area contributed by atoms with E-state index >= 15 is 0 Å². The van der Waals surface area contributed by atoms with E-state index in [0.717, 1.165) is 66.6 Å². The summed E-state index contributed by atoms with van der Waals surface area (Å²) in [6.07, 6.45) is 7.74. The predicted octanol–water partition coefficient (Wildman–Crippen LogP) is 11.3. The Bertz CT molecular complexity index is 2810. The maximum absolute atomic E-state index is 6.59. The molecule has 0 unspecified atom stereocenters. The molecule has 10 aromatic rings. The van der Waals surface area contributed by atoms with Crippen molar-refractivity contribution in [3.05, 3.63) is 150 Å². The van der Waals surface area contributed by atoms with E-state index in [0.29, 0.717) is 0 Å². The number of rotatable bonds is 4. The SMILES string of the molecule is Cc1cccc(C)c1-c1ccc2c3ccc(Oc4ccc5c(c4)c4nccn4c4nc(-c6c(C)cccc6C)ccc54)cc3c3nccn3c2c1. The zero-order valence-corrected chi connectivity index (χ0v) is 28.8. The van der Waals surface area contributed by atoms with Gasteiger partial charge in [-0.1, -0.05) is 48.5 Å². The van der Waals surface area contributed by atoms with Gasteiger partial charge in [0.15, 0.2) is 0 Å². The number of aryl methyl sites for hydroxylation is 4. The number of hydrogen-bond acceptors (Lipinski definition) is 4. The van der Waals surface area contributed by atoms with Gasteiger partial charge in [-0.15, -0.1) is 0 Å². The number of benzene rings is 5. The average molecular weight is 660 g/mol. The number of aromatic nitrogens is 5. The third-order valence-corrected chi connectivity index (χ3v) is 10.4. The van der Waals surface area contributed by atoms with Gasteiger partial charge in [-0.3, -0.25) is 8.80 Å². The maximum atomic E-state index is 6.59. The van der Waals surface area contributed by atoms with Crippen molar-refractivity contribution in [2.45, 2.75) is 27.7 Å². The molecule has 10 rings (SSSR count). The van der Waals surface area contributed by atoms with Crippen molar-refractivity contribution in [2.24, 2.45) is 0 Å². The third kappa shape index (κ3) is 4.46. The van der Waals surface area contributed by atoms with Crippen molar-refractivity contribution in [1.29, 1.82) is 0 Å². The molecule has 6 nitrogen and oxygen atoms in total. The van der Waals surface area contributed by atoms with Gasteiger partial charge in [-0.05, 0) is 126 Å². The number of ether oxygens (including phenoxy) is 1. The van der Waals surface area contributed by atoms with Crippen molar-refractivity contribution in [1.82, 2.24) is 23.8 Å². The lowest BCUT2D eigenvalue weighted by Gasteiger charge is -2.15. The van der Waals surface area contributed by atoms with Crippen LogP contribution in [0.5, 0.6) is 11.5 Å². The fourth-order valence-electron chi connectivity index (χ4n) is 8.10. The molecule has 0 aliphatic heterocycles. The monoisotopic (exact) mass is 659 g/mol. The van der Waals surface area contributed by atoms with Gasteiger partial charge in [0.05, 0.1) is 11.2 Å². The van der Waals surface area contributed by atoms with Crippen LogP contribution in [0.2, 0.25) is 0 Å². The number of hydrogen-bond donors (Lipinski definition) is 0. The van der Waals surface area contributed by atoms with Gasteiger partial charge in [-0.2, -0.15) is 0 Å². The highest BCUT2D eigenvalue weighted by molar-refractivity contribution is 6.13.